The van der Waals surface area contributed by atoms with Gasteiger partial charge in [0, 0.05) is 18.5 Å². The third-order valence-electron chi connectivity index (χ3n) is 4.15. The van der Waals surface area contributed by atoms with E-state index in [1.165, 1.54) is 24.3 Å². The van der Waals surface area contributed by atoms with Crippen molar-refractivity contribution in [3.63, 3.8) is 0 Å². The van der Waals surface area contributed by atoms with Crippen molar-refractivity contribution < 1.29 is 35.6 Å². The van der Waals surface area contributed by atoms with Crippen molar-refractivity contribution in [2.45, 2.75) is 36.8 Å². The third kappa shape index (κ3) is 6.80. The van der Waals surface area contributed by atoms with Crippen LogP contribution in [0.5, 0.6) is 5.75 Å². The second-order valence-corrected chi connectivity index (χ2v) is 8.79. The van der Waals surface area contributed by atoms with Crippen molar-refractivity contribution in [3.8, 4) is 5.75 Å². The summed E-state index contributed by atoms with van der Waals surface area (Å²) in [6, 6.07) is 11.0. The van der Waals surface area contributed by atoms with E-state index in [0.717, 1.165) is 17.7 Å². The van der Waals surface area contributed by atoms with Gasteiger partial charge in [0.1, 0.15) is 11.5 Å². The monoisotopic (exact) mass is 469 g/mol. The Kier molecular flexibility index (Phi) is 6.82. The summed E-state index contributed by atoms with van der Waals surface area (Å²) in [5, 5.41) is 6.15. The number of aromatic nitrogens is 2. The molecule has 8 nitrogen and oxygen atoms in total. The predicted molar refractivity (Wildman–Crippen MR) is 106 cm³/mol. The number of halogens is 3. The second-order valence-electron chi connectivity index (χ2n) is 6.80. The van der Waals surface area contributed by atoms with Gasteiger partial charge in [-0.05, 0) is 43.3 Å². The van der Waals surface area contributed by atoms with Gasteiger partial charge in [-0.25, -0.2) is 8.42 Å². The zero-order chi connectivity index (χ0) is 23.4. The van der Waals surface area contributed by atoms with Crippen molar-refractivity contribution in [3.05, 3.63) is 65.8 Å². The number of rotatable bonds is 8. The molecule has 0 unspecified atom stereocenters. The summed E-state index contributed by atoms with van der Waals surface area (Å²) in [6.45, 7) is 1.84. The predicted octanol–water partition coefficient (Wildman–Crippen LogP) is 3.82. The largest absolute Gasteiger partial charge is 0.573 e. The van der Waals surface area contributed by atoms with Crippen LogP contribution in [0.4, 0.5) is 18.9 Å². The number of hydrogen-bond donors (Lipinski definition) is 1. The minimum atomic E-state index is -4.80. The quantitative estimate of drug-likeness (QED) is 0.534. The first-order valence-corrected chi connectivity index (χ1v) is 10.9. The molecule has 0 atom stereocenters. The van der Waals surface area contributed by atoms with Crippen LogP contribution in [0.1, 0.15) is 23.7 Å². The van der Waals surface area contributed by atoms with Gasteiger partial charge < -0.3 is 14.6 Å². The molecule has 170 valence electrons. The summed E-state index contributed by atoms with van der Waals surface area (Å²) in [4.78, 5) is 16.2. The first kappa shape index (κ1) is 23.3. The van der Waals surface area contributed by atoms with E-state index in [1.54, 1.807) is 12.1 Å². The maximum absolute atomic E-state index is 12.4. The highest BCUT2D eigenvalue weighted by Gasteiger charge is 2.31. The standard InChI is InChI=1S/C20H18F3N3O5S/c1-13-2-8-16(9-3-13)32(28,29)12-17-25-19(31-26-17)11-10-18(27)24-14-4-6-15(7-5-14)30-20(21,22)23/h2-9H,10-12H2,1H3,(H,24,27). The van der Waals surface area contributed by atoms with Crippen LogP contribution < -0.4 is 10.1 Å². The first-order valence-electron chi connectivity index (χ1n) is 9.27. The normalized spacial score (nSPS) is 11.9. The number of nitrogens with zero attached hydrogens (tertiary/aromatic N) is 2. The van der Waals surface area contributed by atoms with E-state index in [1.807, 2.05) is 6.92 Å². The molecule has 1 N–H and O–H groups in total. The molecule has 0 saturated heterocycles. The number of alkyl halides is 3. The molecule has 0 bridgehead atoms. The molecule has 0 aliphatic heterocycles. The van der Waals surface area contributed by atoms with Crippen LogP contribution in [0.15, 0.2) is 57.9 Å². The fourth-order valence-corrected chi connectivity index (χ4v) is 3.81. The summed E-state index contributed by atoms with van der Waals surface area (Å²) < 4.78 is 70.1. The number of nitrogens with one attached hydrogen (secondary N) is 1. The SMILES string of the molecule is Cc1ccc(S(=O)(=O)Cc2noc(CCC(=O)Nc3ccc(OC(F)(F)F)cc3)n2)cc1. The molecule has 32 heavy (non-hydrogen) atoms. The number of anilines is 1. The molecule has 0 radical (unpaired) electrons. The maximum atomic E-state index is 12.4. The minimum Gasteiger partial charge on any atom is -0.406 e. The number of carbonyl (C=O) groups excluding carboxylic acids is 1. The molecule has 3 aromatic rings. The Morgan fingerprint density at radius 2 is 1.75 bits per heavy atom. The fraction of sp³-hybridized carbons (Fsp3) is 0.250. The molecule has 12 heteroatoms. The van der Waals surface area contributed by atoms with E-state index in [0.29, 0.717) is 0 Å². The molecule has 1 heterocycles. The average molecular weight is 469 g/mol. The number of carbonyl (C=O) groups is 1. The first-order chi connectivity index (χ1) is 15.0. The van der Waals surface area contributed by atoms with Crippen molar-refractivity contribution in [2.24, 2.45) is 0 Å². The Hall–Kier alpha value is -3.41. The Morgan fingerprint density at radius 3 is 2.38 bits per heavy atom. The Bertz CT molecular complexity index is 1170. The molecule has 0 saturated carbocycles. The Morgan fingerprint density at radius 1 is 1.09 bits per heavy atom. The van der Waals surface area contributed by atoms with Gasteiger partial charge in [0.2, 0.25) is 11.8 Å². The summed E-state index contributed by atoms with van der Waals surface area (Å²) >= 11 is 0. The highest BCUT2D eigenvalue weighted by atomic mass is 32.2. The van der Waals surface area contributed by atoms with Crippen LogP contribution in [0.25, 0.3) is 0 Å². The van der Waals surface area contributed by atoms with Crippen LogP contribution in [-0.4, -0.2) is 30.8 Å². The number of aryl methyl sites for hydroxylation is 2. The fourth-order valence-electron chi connectivity index (χ4n) is 2.63. The van der Waals surface area contributed by atoms with Gasteiger partial charge in [0.05, 0.1) is 4.90 Å². The lowest BCUT2D eigenvalue weighted by molar-refractivity contribution is -0.274. The van der Waals surface area contributed by atoms with Gasteiger partial charge >= 0.3 is 6.36 Å². The molecule has 1 aromatic heterocycles. The molecular formula is C20H18F3N3O5S. The molecule has 3 rings (SSSR count). The van der Waals surface area contributed by atoms with Crippen molar-refractivity contribution in [1.29, 1.82) is 0 Å². The highest BCUT2D eigenvalue weighted by Crippen LogP contribution is 2.24. The van der Waals surface area contributed by atoms with Crippen LogP contribution in [0.2, 0.25) is 0 Å². The molecule has 0 aliphatic rings. The molecule has 1 amide bonds. The van der Waals surface area contributed by atoms with Gasteiger partial charge in [-0.1, -0.05) is 22.9 Å². The minimum absolute atomic E-state index is 0.0266. The lowest BCUT2D eigenvalue weighted by Gasteiger charge is -2.09. The lowest BCUT2D eigenvalue weighted by Crippen LogP contribution is -2.17. The zero-order valence-electron chi connectivity index (χ0n) is 16.7. The third-order valence-corrected chi connectivity index (χ3v) is 5.78. The zero-order valence-corrected chi connectivity index (χ0v) is 17.5. The van der Waals surface area contributed by atoms with E-state index < -0.39 is 33.6 Å². The van der Waals surface area contributed by atoms with Crippen molar-refractivity contribution in [1.82, 2.24) is 10.1 Å². The van der Waals surface area contributed by atoms with Crippen LogP contribution in [-0.2, 0) is 26.8 Å². The number of hydrogen-bond acceptors (Lipinski definition) is 7. The molecule has 0 spiro atoms. The number of sulfone groups is 1. The Labute approximate surface area is 181 Å². The van der Waals surface area contributed by atoms with E-state index in [4.69, 9.17) is 4.52 Å². The number of benzene rings is 2. The second kappa shape index (κ2) is 9.39. The molecule has 2 aromatic carbocycles. The summed E-state index contributed by atoms with van der Waals surface area (Å²) in [6.07, 6.45) is -4.81. The average Bonchev–Trinajstić information content (AvgIpc) is 3.14. The topological polar surface area (TPSA) is 111 Å². The molecule has 0 fully saturated rings. The molecule has 0 aliphatic carbocycles. The molecular weight excluding hydrogens is 451 g/mol. The van der Waals surface area contributed by atoms with E-state index >= 15 is 0 Å². The van der Waals surface area contributed by atoms with Gasteiger partial charge in [-0.3, -0.25) is 4.79 Å². The highest BCUT2D eigenvalue weighted by molar-refractivity contribution is 7.90. The summed E-state index contributed by atoms with van der Waals surface area (Å²) in [7, 11) is -3.65. The van der Waals surface area contributed by atoms with Gasteiger partial charge in [-0.15, -0.1) is 13.2 Å². The van der Waals surface area contributed by atoms with Crippen molar-refractivity contribution >= 4 is 21.4 Å². The van der Waals surface area contributed by atoms with Gasteiger partial charge in [-0.2, -0.15) is 4.98 Å². The number of ether oxygens (including phenoxy) is 1. The van der Waals surface area contributed by atoms with Gasteiger partial charge in [0.15, 0.2) is 15.7 Å². The van der Waals surface area contributed by atoms with Crippen LogP contribution in [0.3, 0.4) is 0 Å². The van der Waals surface area contributed by atoms with E-state index in [2.05, 4.69) is 20.2 Å². The Balaban J connectivity index is 1.51. The smallest absolute Gasteiger partial charge is 0.406 e. The van der Waals surface area contributed by atoms with E-state index in [9.17, 15) is 26.4 Å². The lowest BCUT2D eigenvalue weighted by atomic mass is 10.2. The number of amides is 1. The van der Waals surface area contributed by atoms with Gasteiger partial charge in [0.25, 0.3) is 0 Å². The van der Waals surface area contributed by atoms with Crippen LogP contribution >= 0.6 is 0 Å². The summed E-state index contributed by atoms with van der Waals surface area (Å²) in [5.74, 6) is -1.24. The maximum Gasteiger partial charge on any atom is 0.573 e. The van der Waals surface area contributed by atoms with E-state index in [-0.39, 0.29) is 35.1 Å². The van der Waals surface area contributed by atoms with Crippen LogP contribution in [0, 0.1) is 6.92 Å². The van der Waals surface area contributed by atoms with Crippen molar-refractivity contribution in [2.75, 3.05) is 5.32 Å². The summed E-state index contributed by atoms with van der Waals surface area (Å²) in [5.41, 5.74) is 1.20.